The number of rotatable bonds is 4. The van der Waals surface area contributed by atoms with Gasteiger partial charge >= 0.3 is 0 Å². The van der Waals surface area contributed by atoms with Gasteiger partial charge in [-0.15, -0.1) is 0 Å². The summed E-state index contributed by atoms with van der Waals surface area (Å²) in [7, 11) is 1.58. The Morgan fingerprint density at radius 2 is 1.72 bits per heavy atom. The summed E-state index contributed by atoms with van der Waals surface area (Å²) in [5, 5.41) is 0. The number of piperazine rings is 1. The van der Waals surface area contributed by atoms with Gasteiger partial charge in [-0.3, -0.25) is 9.36 Å². The van der Waals surface area contributed by atoms with Gasteiger partial charge in [-0.05, 0) is 26.0 Å². The van der Waals surface area contributed by atoms with Gasteiger partial charge in [0, 0.05) is 37.9 Å². The van der Waals surface area contributed by atoms with E-state index in [1.165, 1.54) is 0 Å². The summed E-state index contributed by atoms with van der Waals surface area (Å²) in [6.45, 7) is 6.66. The zero-order chi connectivity index (χ0) is 20.4. The van der Waals surface area contributed by atoms with Crippen LogP contribution in [-0.4, -0.2) is 63.6 Å². The number of methoxy groups -OCH3 is 1. The Bertz CT molecular complexity index is 1020. The van der Waals surface area contributed by atoms with Crippen molar-refractivity contribution in [1.29, 1.82) is 0 Å². The second-order valence-corrected chi connectivity index (χ2v) is 7.00. The first-order valence-electron chi connectivity index (χ1n) is 9.58. The SMILES string of the molecule is COc1ccccc1C(=O)N1CCN(c2cc(-n3cnc(C)c3C)ncn2)CC1. The van der Waals surface area contributed by atoms with Crippen molar-refractivity contribution in [3.05, 3.63) is 59.9 Å². The number of nitrogens with zero attached hydrogens (tertiary/aromatic N) is 6. The molecule has 0 atom stereocenters. The molecule has 0 N–H and O–H groups in total. The van der Waals surface area contributed by atoms with Crippen LogP contribution in [0.3, 0.4) is 0 Å². The molecule has 0 bridgehead atoms. The highest BCUT2D eigenvalue weighted by Crippen LogP contribution is 2.22. The number of carbonyl (C=O) groups excluding carboxylic acids is 1. The standard InChI is InChI=1S/C21H24N6O2/c1-15-16(2)27(14-24-15)20-12-19(22-13-23-20)25-8-10-26(11-9-25)21(28)17-6-4-5-7-18(17)29-3/h4-7,12-14H,8-11H2,1-3H3. The van der Waals surface area contributed by atoms with Gasteiger partial charge in [-0.2, -0.15) is 0 Å². The third kappa shape index (κ3) is 3.65. The fraction of sp³-hybridized carbons (Fsp3) is 0.333. The van der Waals surface area contributed by atoms with Crippen LogP contribution in [-0.2, 0) is 0 Å². The molecule has 1 saturated heterocycles. The zero-order valence-electron chi connectivity index (χ0n) is 16.9. The van der Waals surface area contributed by atoms with Crippen molar-refractivity contribution in [2.75, 3.05) is 38.2 Å². The van der Waals surface area contributed by atoms with Crippen LogP contribution in [0.2, 0.25) is 0 Å². The summed E-state index contributed by atoms with van der Waals surface area (Å²) in [5.41, 5.74) is 2.63. The molecule has 0 aliphatic carbocycles. The molecule has 0 saturated carbocycles. The van der Waals surface area contributed by atoms with Gasteiger partial charge in [0.15, 0.2) is 0 Å². The minimum atomic E-state index is -0.00464. The fourth-order valence-corrected chi connectivity index (χ4v) is 3.50. The number of para-hydroxylation sites is 1. The summed E-state index contributed by atoms with van der Waals surface area (Å²) in [6.07, 6.45) is 3.35. The van der Waals surface area contributed by atoms with Gasteiger partial charge in [0.1, 0.15) is 30.0 Å². The molecule has 1 aromatic carbocycles. The van der Waals surface area contributed by atoms with Crippen LogP contribution in [0.5, 0.6) is 5.75 Å². The lowest BCUT2D eigenvalue weighted by Gasteiger charge is -2.35. The lowest BCUT2D eigenvalue weighted by molar-refractivity contribution is 0.0743. The average Bonchev–Trinajstić information content (AvgIpc) is 3.11. The summed E-state index contributed by atoms with van der Waals surface area (Å²) < 4.78 is 7.29. The third-order valence-corrected chi connectivity index (χ3v) is 5.37. The van der Waals surface area contributed by atoms with Crippen LogP contribution in [0.1, 0.15) is 21.7 Å². The van der Waals surface area contributed by atoms with Crippen molar-refractivity contribution < 1.29 is 9.53 Å². The number of ether oxygens (including phenoxy) is 1. The van der Waals surface area contributed by atoms with E-state index in [9.17, 15) is 4.79 Å². The Balaban J connectivity index is 1.47. The molecule has 1 fully saturated rings. The fourth-order valence-electron chi connectivity index (χ4n) is 3.50. The van der Waals surface area contributed by atoms with E-state index in [0.717, 1.165) is 23.0 Å². The van der Waals surface area contributed by atoms with Crippen molar-refractivity contribution >= 4 is 11.7 Å². The third-order valence-electron chi connectivity index (χ3n) is 5.37. The Kier molecular flexibility index (Phi) is 5.16. The number of hydrogen-bond donors (Lipinski definition) is 0. The molecule has 150 valence electrons. The minimum Gasteiger partial charge on any atom is -0.496 e. The van der Waals surface area contributed by atoms with Gasteiger partial charge < -0.3 is 14.5 Å². The van der Waals surface area contributed by atoms with Gasteiger partial charge in [0.05, 0.1) is 18.4 Å². The molecular formula is C21H24N6O2. The molecule has 0 spiro atoms. The Labute approximate surface area is 169 Å². The molecule has 3 aromatic rings. The number of anilines is 1. The predicted octanol–water partition coefficient (Wildman–Crippen LogP) is 2.25. The highest BCUT2D eigenvalue weighted by molar-refractivity contribution is 5.97. The second-order valence-electron chi connectivity index (χ2n) is 7.00. The Morgan fingerprint density at radius 3 is 2.41 bits per heavy atom. The number of amides is 1. The monoisotopic (exact) mass is 392 g/mol. The molecule has 8 nitrogen and oxygen atoms in total. The highest BCUT2D eigenvalue weighted by Gasteiger charge is 2.25. The van der Waals surface area contributed by atoms with Crippen molar-refractivity contribution in [2.24, 2.45) is 0 Å². The Morgan fingerprint density at radius 1 is 1.00 bits per heavy atom. The maximum atomic E-state index is 12.9. The summed E-state index contributed by atoms with van der Waals surface area (Å²) in [4.78, 5) is 30.1. The Hall–Kier alpha value is -3.42. The van der Waals surface area contributed by atoms with Gasteiger partial charge in [-0.25, -0.2) is 15.0 Å². The van der Waals surface area contributed by atoms with Crippen molar-refractivity contribution in [1.82, 2.24) is 24.4 Å². The number of benzene rings is 1. The molecule has 1 aliphatic rings. The molecule has 1 amide bonds. The van der Waals surface area contributed by atoms with Crippen molar-refractivity contribution in [3.63, 3.8) is 0 Å². The van der Waals surface area contributed by atoms with E-state index in [4.69, 9.17) is 4.74 Å². The number of carbonyl (C=O) groups is 1. The number of aromatic nitrogens is 4. The van der Waals surface area contributed by atoms with E-state index in [0.29, 0.717) is 37.5 Å². The molecule has 2 aromatic heterocycles. The van der Waals surface area contributed by atoms with Crippen LogP contribution in [0.4, 0.5) is 5.82 Å². The first-order chi connectivity index (χ1) is 14.1. The lowest BCUT2D eigenvalue weighted by Crippen LogP contribution is -2.49. The first kappa shape index (κ1) is 18.9. The van der Waals surface area contributed by atoms with Crippen LogP contribution in [0, 0.1) is 13.8 Å². The highest BCUT2D eigenvalue weighted by atomic mass is 16.5. The van der Waals surface area contributed by atoms with Gasteiger partial charge in [-0.1, -0.05) is 12.1 Å². The van der Waals surface area contributed by atoms with E-state index in [1.54, 1.807) is 25.8 Å². The molecule has 0 radical (unpaired) electrons. The molecule has 1 aliphatic heterocycles. The van der Waals surface area contributed by atoms with E-state index in [1.807, 2.05) is 47.6 Å². The molecule has 0 unspecified atom stereocenters. The summed E-state index contributed by atoms with van der Waals surface area (Å²) in [6, 6.07) is 9.30. The van der Waals surface area contributed by atoms with E-state index >= 15 is 0 Å². The topological polar surface area (TPSA) is 76.4 Å². The summed E-state index contributed by atoms with van der Waals surface area (Å²) >= 11 is 0. The van der Waals surface area contributed by atoms with Crippen molar-refractivity contribution in [3.8, 4) is 11.6 Å². The average molecular weight is 392 g/mol. The normalized spacial score (nSPS) is 14.2. The van der Waals surface area contributed by atoms with Crippen LogP contribution in [0.15, 0.2) is 43.0 Å². The van der Waals surface area contributed by atoms with Crippen molar-refractivity contribution in [2.45, 2.75) is 13.8 Å². The number of imidazole rings is 1. The maximum absolute atomic E-state index is 12.9. The zero-order valence-corrected chi connectivity index (χ0v) is 16.9. The molecule has 4 rings (SSSR count). The summed E-state index contributed by atoms with van der Waals surface area (Å²) in [5.74, 6) is 2.24. The minimum absolute atomic E-state index is 0.00464. The van der Waals surface area contributed by atoms with Crippen LogP contribution < -0.4 is 9.64 Å². The van der Waals surface area contributed by atoms with Crippen LogP contribution in [0.25, 0.3) is 5.82 Å². The quantitative estimate of drug-likeness (QED) is 0.678. The maximum Gasteiger partial charge on any atom is 0.257 e. The van der Waals surface area contributed by atoms with Gasteiger partial charge in [0.2, 0.25) is 0 Å². The lowest BCUT2D eigenvalue weighted by atomic mass is 10.1. The molecular weight excluding hydrogens is 368 g/mol. The molecule has 3 heterocycles. The van der Waals surface area contributed by atoms with Crippen LogP contribution >= 0.6 is 0 Å². The largest absolute Gasteiger partial charge is 0.496 e. The van der Waals surface area contributed by atoms with E-state index in [2.05, 4.69) is 19.9 Å². The first-order valence-corrected chi connectivity index (χ1v) is 9.58. The second kappa shape index (κ2) is 7.90. The smallest absolute Gasteiger partial charge is 0.257 e. The van der Waals surface area contributed by atoms with E-state index in [-0.39, 0.29) is 5.91 Å². The molecule has 8 heteroatoms. The van der Waals surface area contributed by atoms with E-state index < -0.39 is 0 Å². The number of hydrogen-bond acceptors (Lipinski definition) is 6. The number of aryl methyl sites for hydroxylation is 1. The molecule has 29 heavy (non-hydrogen) atoms. The predicted molar refractivity (Wildman–Crippen MR) is 110 cm³/mol. The van der Waals surface area contributed by atoms with Gasteiger partial charge in [0.25, 0.3) is 5.91 Å².